The number of hydrogen-bond donors (Lipinski definition) is 1. The van der Waals surface area contributed by atoms with Crippen LogP contribution < -0.4 is 5.32 Å². The Kier molecular flexibility index (Phi) is 5.42. The second-order valence-corrected chi connectivity index (χ2v) is 7.54. The largest absolute Gasteiger partial charge is 0.338 e. The summed E-state index contributed by atoms with van der Waals surface area (Å²) in [6, 6.07) is 7.99. The minimum absolute atomic E-state index is 0.123. The van der Waals surface area contributed by atoms with Crippen molar-refractivity contribution in [3.8, 4) is 0 Å². The third-order valence-corrected chi connectivity index (χ3v) is 5.23. The number of carbonyl (C=O) groups is 1. The highest BCUT2D eigenvalue weighted by molar-refractivity contribution is 7.88. The van der Waals surface area contributed by atoms with Crippen molar-refractivity contribution < 1.29 is 13.2 Å². The van der Waals surface area contributed by atoms with Crippen molar-refractivity contribution >= 4 is 16.1 Å². The van der Waals surface area contributed by atoms with Gasteiger partial charge >= 0.3 is 6.03 Å². The third kappa shape index (κ3) is 4.45. The van der Waals surface area contributed by atoms with E-state index in [1.807, 2.05) is 12.1 Å². The van der Waals surface area contributed by atoms with Gasteiger partial charge in [0.15, 0.2) is 0 Å². The standard InChI is InChI=1S/C15H23N3O3S/c1-13-5-3-4-6-14(13)7-8-16-15(19)17-9-11-18(12-10-17)22(2,20)21/h3-6H,7-12H2,1-2H3,(H,16,19). The first kappa shape index (κ1) is 16.8. The third-order valence-electron chi connectivity index (χ3n) is 3.93. The number of urea groups is 1. The Morgan fingerprint density at radius 2 is 1.82 bits per heavy atom. The number of nitrogens with one attached hydrogen (secondary N) is 1. The minimum Gasteiger partial charge on any atom is -0.338 e. The number of aryl methyl sites for hydroxylation is 1. The Balaban J connectivity index is 1.76. The number of rotatable bonds is 4. The molecular weight excluding hydrogens is 302 g/mol. The monoisotopic (exact) mass is 325 g/mol. The van der Waals surface area contributed by atoms with E-state index < -0.39 is 10.0 Å². The fourth-order valence-electron chi connectivity index (χ4n) is 2.53. The number of nitrogens with zero attached hydrogens (tertiary/aromatic N) is 2. The maximum Gasteiger partial charge on any atom is 0.317 e. The van der Waals surface area contributed by atoms with Crippen molar-refractivity contribution in [3.63, 3.8) is 0 Å². The lowest BCUT2D eigenvalue weighted by atomic mass is 10.1. The summed E-state index contributed by atoms with van der Waals surface area (Å²) in [7, 11) is -3.16. The van der Waals surface area contributed by atoms with Crippen molar-refractivity contribution in [2.45, 2.75) is 13.3 Å². The summed E-state index contributed by atoms with van der Waals surface area (Å²) in [5.74, 6) is 0. The van der Waals surface area contributed by atoms with E-state index in [-0.39, 0.29) is 6.03 Å². The summed E-state index contributed by atoms with van der Waals surface area (Å²) >= 11 is 0. The molecule has 0 aliphatic carbocycles. The number of piperazine rings is 1. The van der Waals surface area contributed by atoms with E-state index in [0.717, 1.165) is 6.42 Å². The fourth-order valence-corrected chi connectivity index (χ4v) is 3.36. The van der Waals surface area contributed by atoms with E-state index in [2.05, 4.69) is 24.4 Å². The van der Waals surface area contributed by atoms with Crippen LogP contribution in [0.2, 0.25) is 0 Å². The number of amides is 2. The van der Waals surface area contributed by atoms with Crippen LogP contribution in [0.5, 0.6) is 0 Å². The van der Waals surface area contributed by atoms with Gasteiger partial charge in [-0.2, -0.15) is 4.31 Å². The van der Waals surface area contributed by atoms with E-state index in [4.69, 9.17) is 0 Å². The predicted octanol–water partition coefficient (Wildman–Crippen LogP) is 0.824. The average molecular weight is 325 g/mol. The molecule has 122 valence electrons. The number of sulfonamides is 1. The highest BCUT2D eigenvalue weighted by atomic mass is 32.2. The van der Waals surface area contributed by atoms with Crippen molar-refractivity contribution in [1.82, 2.24) is 14.5 Å². The van der Waals surface area contributed by atoms with Crippen LogP contribution in [0.3, 0.4) is 0 Å². The SMILES string of the molecule is Cc1ccccc1CCNC(=O)N1CCN(S(C)(=O)=O)CC1. The van der Waals surface area contributed by atoms with Crippen molar-refractivity contribution in [3.05, 3.63) is 35.4 Å². The molecule has 1 heterocycles. The first-order valence-corrected chi connectivity index (χ1v) is 9.25. The molecule has 1 aliphatic rings. The second-order valence-electron chi connectivity index (χ2n) is 5.56. The van der Waals surface area contributed by atoms with Gasteiger partial charge in [0.2, 0.25) is 10.0 Å². The van der Waals surface area contributed by atoms with Gasteiger partial charge in [0.25, 0.3) is 0 Å². The molecule has 0 spiro atoms. The van der Waals surface area contributed by atoms with Gasteiger partial charge < -0.3 is 10.2 Å². The zero-order valence-corrected chi connectivity index (χ0v) is 13.9. The van der Waals surface area contributed by atoms with E-state index in [1.165, 1.54) is 21.7 Å². The summed E-state index contributed by atoms with van der Waals surface area (Å²) in [6.07, 6.45) is 1.99. The molecule has 0 radical (unpaired) electrons. The Morgan fingerprint density at radius 3 is 2.41 bits per heavy atom. The maximum absolute atomic E-state index is 12.1. The first-order chi connectivity index (χ1) is 10.4. The summed E-state index contributed by atoms with van der Waals surface area (Å²) in [4.78, 5) is 13.7. The molecular formula is C15H23N3O3S. The summed E-state index contributed by atoms with van der Waals surface area (Å²) in [6.45, 7) is 4.23. The number of carbonyl (C=O) groups excluding carboxylic acids is 1. The van der Waals surface area contributed by atoms with E-state index in [1.54, 1.807) is 4.90 Å². The lowest BCUT2D eigenvalue weighted by molar-refractivity contribution is 0.172. The van der Waals surface area contributed by atoms with Crippen LogP contribution in [0.25, 0.3) is 0 Å². The normalized spacial score (nSPS) is 16.5. The minimum atomic E-state index is -3.16. The van der Waals surface area contributed by atoms with Crippen molar-refractivity contribution in [2.24, 2.45) is 0 Å². The molecule has 1 aliphatic heterocycles. The molecule has 0 unspecified atom stereocenters. The first-order valence-electron chi connectivity index (χ1n) is 7.40. The van der Waals surface area contributed by atoms with E-state index in [0.29, 0.717) is 32.7 Å². The average Bonchev–Trinajstić information content (AvgIpc) is 2.48. The van der Waals surface area contributed by atoms with Gasteiger partial charge in [-0.3, -0.25) is 0 Å². The Hall–Kier alpha value is -1.60. The molecule has 2 rings (SSSR count). The molecule has 6 nitrogen and oxygen atoms in total. The van der Waals surface area contributed by atoms with Gasteiger partial charge in [-0.25, -0.2) is 13.2 Å². The van der Waals surface area contributed by atoms with Crippen LogP contribution >= 0.6 is 0 Å². The summed E-state index contributed by atoms with van der Waals surface area (Å²) in [5, 5.41) is 2.90. The molecule has 2 amide bonds. The highest BCUT2D eigenvalue weighted by Gasteiger charge is 2.25. The van der Waals surface area contributed by atoms with Crippen molar-refractivity contribution in [2.75, 3.05) is 39.0 Å². The zero-order chi connectivity index (χ0) is 16.2. The van der Waals surface area contributed by atoms with Crippen LogP contribution in [0, 0.1) is 6.92 Å². The molecule has 1 saturated heterocycles. The molecule has 0 bridgehead atoms. The van der Waals surface area contributed by atoms with Gasteiger partial charge in [-0.15, -0.1) is 0 Å². The van der Waals surface area contributed by atoms with Crippen LogP contribution in [-0.4, -0.2) is 62.6 Å². The van der Waals surface area contributed by atoms with Gasteiger partial charge in [-0.05, 0) is 24.5 Å². The molecule has 0 aromatic heterocycles. The van der Waals surface area contributed by atoms with Gasteiger partial charge in [-0.1, -0.05) is 24.3 Å². The van der Waals surface area contributed by atoms with Gasteiger partial charge in [0.05, 0.1) is 6.26 Å². The molecule has 7 heteroatoms. The van der Waals surface area contributed by atoms with Crippen molar-refractivity contribution in [1.29, 1.82) is 0 Å². The second kappa shape index (κ2) is 7.11. The molecule has 0 atom stereocenters. The fraction of sp³-hybridized carbons (Fsp3) is 0.533. The van der Waals surface area contributed by atoms with E-state index >= 15 is 0 Å². The quantitative estimate of drug-likeness (QED) is 0.891. The van der Waals surface area contributed by atoms with Gasteiger partial charge in [0.1, 0.15) is 0 Å². The maximum atomic E-state index is 12.1. The summed E-state index contributed by atoms with van der Waals surface area (Å²) < 4.78 is 24.3. The number of benzene rings is 1. The van der Waals surface area contributed by atoms with Crippen LogP contribution in [-0.2, 0) is 16.4 Å². The van der Waals surface area contributed by atoms with Crippen LogP contribution in [0.4, 0.5) is 4.79 Å². The van der Waals surface area contributed by atoms with Crippen LogP contribution in [0.15, 0.2) is 24.3 Å². The van der Waals surface area contributed by atoms with Crippen LogP contribution in [0.1, 0.15) is 11.1 Å². The van der Waals surface area contributed by atoms with Gasteiger partial charge in [0, 0.05) is 32.7 Å². The number of hydrogen-bond acceptors (Lipinski definition) is 3. The summed E-state index contributed by atoms with van der Waals surface area (Å²) in [5.41, 5.74) is 2.45. The molecule has 1 aromatic rings. The molecule has 1 aromatic carbocycles. The highest BCUT2D eigenvalue weighted by Crippen LogP contribution is 2.08. The molecule has 22 heavy (non-hydrogen) atoms. The molecule has 0 saturated carbocycles. The lowest BCUT2D eigenvalue weighted by Gasteiger charge is -2.33. The molecule has 1 fully saturated rings. The smallest absolute Gasteiger partial charge is 0.317 e. The predicted molar refractivity (Wildman–Crippen MR) is 86.3 cm³/mol. The Labute approximate surface area is 132 Å². The topological polar surface area (TPSA) is 69.7 Å². The Bertz CT molecular complexity index is 623. The lowest BCUT2D eigenvalue weighted by Crippen LogP contribution is -2.53. The Morgan fingerprint density at radius 1 is 1.18 bits per heavy atom. The molecule has 1 N–H and O–H groups in total. The zero-order valence-electron chi connectivity index (χ0n) is 13.1. The van der Waals surface area contributed by atoms with E-state index in [9.17, 15) is 13.2 Å².